The van der Waals surface area contributed by atoms with Crippen molar-refractivity contribution in [1.29, 1.82) is 0 Å². The number of thiazole rings is 1. The summed E-state index contributed by atoms with van der Waals surface area (Å²) in [5.41, 5.74) is 2.19. The van der Waals surface area contributed by atoms with Crippen molar-refractivity contribution >= 4 is 45.3 Å². The molecule has 5 rings (SSSR count). The van der Waals surface area contributed by atoms with Crippen molar-refractivity contribution in [3.8, 4) is 17.2 Å². The first kappa shape index (κ1) is 30.0. The summed E-state index contributed by atoms with van der Waals surface area (Å²) in [6.07, 6.45) is 1.71. The number of carbonyl (C=O) groups excluding carboxylic acids is 2. The van der Waals surface area contributed by atoms with E-state index in [0.717, 1.165) is 4.47 Å². The summed E-state index contributed by atoms with van der Waals surface area (Å²) in [6.45, 7) is 3.65. The Bertz CT molecular complexity index is 1930. The molecule has 11 heteroatoms. The molecule has 1 aliphatic heterocycles. The third-order valence-electron chi connectivity index (χ3n) is 6.70. The Morgan fingerprint density at radius 1 is 1.00 bits per heavy atom. The first-order chi connectivity index (χ1) is 20.7. The first-order valence-electron chi connectivity index (χ1n) is 13.2. The Kier molecular flexibility index (Phi) is 8.93. The number of aromatic nitrogens is 1. The largest absolute Gasteiger partial charge is 0.497 e. The number of methoxy groups -OCH3 is 2. The maximum absolute atomic E-state index is 13.9. The van der Waals surface area contributed by atoms with Crippen LogP contribution in [-0.4, -0.2) is 37.3 Å². The smallest absolute Gasteiger partial charge is 0.343 e. The molecular formula is C32H27BrN2O7S. The van der Waals surface area contributed by atoms with E-state index in [2.05, 4.69) is 20.9 Å². The van der Waals surface area contributed by atoms with Gasteiger partial charge in [-0.25, -0.2) is 14.6 Å². The lowest BCUT2D eigenvalue weighted by Gasteiger charge is -2.24. The zero-order valence-corrected chi connectivity index (χ0v) is 26.2. The van der Waals surface area contributed by atoms with E-state index >= 15 is 0 Å². The van der Waals surface area contributed by atoms with Crippen LogP contribution >= 0.6 is 27.3 Å². The van der Waals surface area contributed by atoms with Gasteiger partial charge in [-0.1, -0.05) is 51.5 Å². The van der Waals surface area contributed by atoms with E-state index in [4.69, 9.17) is 18.9 Å². The van der Waals surface area contributed by atoms with Gasteiger partial charge >= 0.3 is 11.9 Å². The molecule has 0 spiro atoms. The number of rotatable bonds is 8. The highest BCUT2D eigenvalue weighted by atomic mass is 79.9. The quantitative estimate of drug-likeness (QED) is 0.197. The second kappa shape index (κ2) is 12.8. The van der Waals surface area contributed by atoms with Crippen molar-refractivity contribution in [2.24, 2.45) is 4.99 Å². The molecule has 0 amide bonds. The van der Waals surface area contributed by atoms with E-state index < -0.39 is 18.0 Å². The molecule has 1 unspecified atom stereocenters. The number of fused-ring (bicyclic) bond motifs is 1. The Labute approximate surface area is 259 Å². The summed E-state index contributed by atoms with van der Waals surface area (Å²) in [5, 5.41) is 0. The Hall–Kier alpha value is -4.48. The van der Waals surface area contributed by atoms with E-state index in [1.807, 2.05) is 18.2 Å². The highest BCUT2D eigenvalue weighted by Crippen LogP contribution is 2.32. The van der Waals surface area contributed by atoms with Gasteiger partial charge in [0, 0.05) is 4.47 Å². The highest BCUT2D eigenvalue weighted by molar-refractivity contribution is 9.10. The molecule has 1 atom stereocenters. The average molecular weight is 664 g/mol. The van der Waals surface area contributed by atoms with Gasteiger partial charge in [0.05, 0.1) is 48.2 Å². The molecule has 0 saturated carbocycles. The van der Waals surface area contributed by atoms with E-state index in [-0.39, 0.29) is 17.9 Å². The molecule has 0 N–H and O–H groups in total. The molecule has 2 heterocycles. The fraction of sp³-hybridized carbons (Fsp3) is 0.188. The molecule has 4 aromatic rings. The van der Waals surface area contributed by atoms with Gasteiger partial charge in [0.1, 0.15) is 5.75 Å². The fourth-order valence-corrected chi connectivity index (χ4v) is 6.12. The first-order valence-corrected chi connectivity index (χ1v) is 14.8. The van der Waals surface area contributed by atoms with Crippen molar-refractivity contribution in [2.75, 3.05) is 20.8 Å². The maximum atomic E-state index is 13.9. The lowest BCUT2D eigenvalue weighted by molar-refractivity contribution is -0.139. The standard InChI is InChI=1S/C32H27BrN2O7S/c1-5-41-31(38)27-18(2)34-32-35(28(27)20-10-12-23(39-3)13-11-20)29(36)26(43-32)16-19-9-14-24(25(15-19)40-4)42-30(37)21-7-6-8-22(33)17-21/h6-17,28H,5H2,1-4H3/b26-16+. The van der Waals surface area contributed by atoms with Crippen LogP contribution in [-0.2, 0) is 9.53 Å². The third-order valence-corrected chi connectivity index (χ3v) is 8.17. The Morgan fingerprint density at radius 3 is 2.44 bits per heavy atom. The fourth-order valence-electron chi connectivity index (χ4n) is 4.68. The lowest BCUT2D eigenvalue weighted by atomic mass is 9.96. The molecule has 1 aromatic heterocycles. The summed E-state index contributed by atoms with van der Waals surface area (Å²) in [6, 6.07) is 18.3. The Morgan fingerprint density at radius 2 is 1.77 bits per heavy atom. The minimum absolute atomic E-state index is 0.186. The third kappa shape index (κ3) is 6.18. The molecular weight excluding hydrogens is 636 g/mol. The van der Waals surface area contributed by atoms with Gasteiger partial charge in [0.15, 0.2) is 16.3 Å². The van der Waals surface area contributed by atoms with Crippen molar-refractivity contribution in [3.05, 3.63) is 119 Å². The number of hydrogen-bond acceptors (Lipinski definition) is 9. The van der Waals surface area contributed by atoms with Crippen LogP contribution in [0.5, 0.6) is 17.2 Å². The predicted octanol–water partition coefficient (Wildman–Crippen LogP) is 4.80. The van der Waals surface area contributed by atoms with Crippen molar-refractivity contribution in [3.63, 3.8) is 0 Å². The van der Waals surface area contributed by atoms with Gasteiger partial charge in [0.25, 0.3) is 5.56 Å². The minimum Gasteiger partial charge on any atom is -0.497 e. The maximum Gasteiger partial charge on any atom is 0.343 e. The number of benzene rings is 3. The monoisotopic (exact) mass is 662 g/mol. The van der Waals surface area contributed by atoms with Gasteiger partial charge in [0.2, 0.25) is 0 Å². The van der Waals surface area contributed by atoms with Crippen LogP contribution in [0.1, 0.15) is 41.4 Å². The van der Waals surface area contributed by atoms with Crippen LogP contribution in [0.4, 0.5) is 0 Å². The summed E-state index contributed by atoms with van der Waals surface area (Å²) < 4.78 is 24.4. The SMILES string of the molecule is CCOC(=O)C1=C(C)N=c2s/c(=C/c3ccc(OC(=O)c4cccc(Br)c4)c(OC)c3)c(=O)n2C1c1ccc(OC)cc1. The zero-order valence-electron chi connectivity index (χ0n) is 23.8. The normalized spacial score (nSPS) is 14.5. The highest BCUT2D eigenvalue weighted by Gasteiger charge is 2.33. The van der Waals surface area contributed by atoms with Crippen LogP contribution in [0.2, 0.25) is 0 Å². The van der Waals surface area contributed by atoms with E-state index in [0.29, 0.717) is 48.8 Å². The van der Waals surface area contributed by atoms with E-state index in [1.54, 1.807) is 75.6 Å². The second-order valence-corrected chi connectivity index (χ2v) is 11.3. The summed E-state index contributed by atoms with van der Waals surface area (Å²) in [4.78, 5) is 44.7. The lowest BCUT2D eigenvalue weighted by Crippen LogP contribution is -2.39. The number of allylic oxidation sites excluding steroid dienone is 1. The average Bonchev–Trinajstić information content (AvgIpc) is 3.30. The van der Waals surface area contributed by atoms with Gasteiger partial charge in [-0.15, -0.1) is 0 Å². The summed E-state index contributed by atoms with van der Waals surface area (Å²) >= 11 is 4.56. The van der Waals surface area contributed by atoms with Gasteiger partial charge in [-0.2, -0.15) is 0 Å². The number of ether oxygens (including phenoxy) is 4. The van der Waals surface area contributed by atoms with Crippen LogP contribution in [0, 0.1) is 0 Å². The number of halogens is 1. The number of esters is 2. The summed E-state index contributed by atoms with van der Waals surface area (Å²) in [5.74, 6) is 0.138. The molecule has 3 aromatic carbocycles. The molecule has 220 valence electrons. The second-order valence-electron chi connectivity index (χ2n) is 9.39. The molecule has 1 aliphatic rings. The van der Waals surface area contributed by atoms with Crippen LogP contribution in [0.3, 0.4) is 0 Å². The van der Waals surface area contributed by atoms with Crippen LogP contribution in [0.15, 0.2) is 92.3 Å². The van der Waals surface area contributed by atoms with Gasteiger partial charge in [-0.05, 0) is 73.5 Å². The van der Waals surface area contributed by atoms with E-state index in [9.17, 15) is 14.4 Å². The summed E-state index contributed by atoms with van der Waals surface area (Å²) in [7, 11) is 3.04. The van der Waals surface area contributed by atoms with Crippen molar-refractivity contribution in [2.45, 2.75) is 19.9 Å². The molecule has 43 heavy (non-hydrogen) atoms. The number of nitrogens with zero attached hydrogens (tertiary/aromatic N) is 2. The number of hydrogen-bond donors (Lipinski definition) is 0. The van der Waals surface area contributed by atoms with Crippen molar-refractivity contribution in [1.82, 2.24) is 4.57 Å². The topological polar surface area (TPSA) is 105 Å². The van der Waals surface area contributed by atoms with Crippen LogP contribution < -0.4 is 29.1 Å². The number of carbonyl (C=O) groups is 2. The van der Waals surface area contributed by atoms with Crippen LogP contribution in [0.25, 0.3) is 6.08 Å². The zero-order chi connectivity index (χ0) is 30.7. The molecule has 0 saturated heterocycles. The predicted molar refractivity (Wildman–Crippen MR) is 165 cm³/mol. The molecule has 0 aliphatic carbocycles. The minimum atomic E-state index is -0.738. The molecule has 0 fully saturated rings. The van der Waals surface area contributed by atoms with Crippen molar-refractivity contribution < 1.29 is 28.5 Å². The van der Waals surface area contributed by atoms with Gasteiger partial charge < -0.3 is 18.9 Å². The van der Waals surface area contributed by atoms with Gasteiger partial charge in [-0.3, -0.25) is 9.36 Å². The molecule has 0 bridgehead atoms. The van der Waals surface area contributed by atoms with E-state index in [1.165, 1.54) is 23.0 Å². The Balaban J connectivity index is 1.55. The molecule has 0 radical (unpaired) electrons. The molecule has 9 nitrogen and oxygen atoms in total.